The lowest BCUT2D eigenvalue weighted by molar-refractivity contribution is -0.384. The van der Waals surface area contributed by atoms with E-state index in [4.69, 9.17) is 9.72 Å². The van der Waals surface area contributed by atoms with E-state index in [-0.39, 0.29) is 10.6 Å². The molecular formula is C21H22N4O5S2. The van der Waals surface area contributed by atoms with Crippen LogP contribution in [0.5, 0.6) is 5.75 Å². The molecule has 0 unspecified atom stereocenters. The fourth-order valence-corrected chi connectivity index (χ4v) is 5.88. The van der Waals surface area contributed by atoms with E-state index in [1.807, 2.05) is 29.6 Å². The minimum absolute atomic E-state index is 0.0601. The van der Waals surface area contributed by atoms with Gasteiger partial charge < -0.3 is 9.64 Å². The molecule has 168 valence electrons. The van der Waals surface area contributed by atoms with Crippen molar-refractivity contribution in [1.29, 1.82) is 0 Å². The van der Waals surface area contributed by atoms with Crippen molar-refractivity contribution in [3.05, 3.63) is 75.3 Å². The van der Waals surface area contributed by atoms with E-state index in [0.717, 1.165) is 22.1 Å². The smallest absolute Gasteiger partial charge is 0.269 e. The summed E-state index contributed by atoms with van der Waals surface area (Å²) < 4.78 is 32.6. The molecule has 1 aromatic heterocycles. The summed E-state index contributed by atoms with van der Waals surface area (Å²) in [5.74, 6) is 0.826. The molecule has 4 rings (SSSR count). The van der Waals surface area contributed by atoms with Crippen LogP contribution >= 0.6 is 11.3 Å². The number of rotatable bonds is 7. The SMILES string of the molecule is COc1ccccc1Cc1csc(N2CCN(S(=O)(=O)c3ccc([N+](=O)[O-])cc3)CC2)n1. The Morgan fingerprint density at radius 3 is 2.44 bits per heavy atom. The van der Waals surface area contributed by atoms with Crippen LogP contribution in [-0.2, 0) is 16.4 Å². The van der Waals surface area contributed by atoms with E-state index in [1.165, 1.54) is 28.6 Å². The fraction of sp³-hybridized carbons (Fsp3) is 0.286. The van der Waals surface area contributed by atoms with Gasteiger partial charge in [0.25, 0.3) is 5.69 Å². The number of anilines is 1. The van der Waals surface area contributed by atoms with Gasteiger partial charge >= 0.3 is 0 Å². The largest absolute Gasteiger partial charge is 0.496 e. The highest BCUT2D eigenvalue weighted by atomic mass is 32.2. The zero-order valence-electron chi connectivity index (χ0n) is 17.4. The van der Waals surface area contributed by atoms with Gasteiger partial charge in [0.2, 0.25) is 10.0 Å². The molecule has 1 aliphatic rings. The lowest BCUT2D eigenvalue weighted by Crippen LogP contribution is -2.48. The number of nitro groups is 1. The van der Waals surface area contributed by atoms with Crippen molar-refractivity contribution in [2.45, 2.75) is 11.3 Å². The molecule has 0 bridgehead atoms. The number of sulfonamides is 1. The van der Waals surface area contributed by atoms with Gasteiger partial charge in [-0.15, -0.1) is 11.3 Å². The predicted octanol–water partition coefficient (Wildman–Crippen LogP) is 3.16. The van der Waals surface area contributed by atoms with Crippen molar-refractivity contribution in [1.82, 2.24) is 9.29 Å². The first kappa shape index (κ1) is 22.2. The van der Waals surface area contributed by atoms with Crippen LogP contribution in [0.15, 0.2) is 58.8 Å². The number of non-ortho nitro benzene ring substituents is 1. The predicted molar refractivity (Wildman–Crippen MR) is 122 cm³/mol. The Morgan fingerprint density at radius 1 is 1.09 bits per heavy atom. The second-order valence-corrected chi connectivity index (χ2v) is 10.0. The second kappa shape index (κ2) is 9.23. The maximum absolute atomic E-state index is 12.9. The van der Waals surface area contributed by atoms with Gasteiger partial charge in [-0.25, -0.2) is 13.4 Å². The van der Waals surface area contributed by atoms with Gasteiger partial charge in [0.1, 0.15) is 5.75 Å². The lowest BCUT2D eigenvalue weighted by Gasteiger charge is -2.33. The Balaban J connectivity index is 1.40. The first-order valence-electron chi connectivity index (χ1n) is 9.94. The van der Waals surface area contributed by atoms with Crippen LogP contribution in [0.25, 0.3) is 0 Å². The summed E-state index contributed by atoms with van der Waals surface area (Å²) in [5.41, 5.74) is 1.86. The fourth-order valence-electron chi connectivity index (χ4n) is 3.58. The van der Waals surface area contributed by atoms with Crippen LogP contribution < -0.4 is 9.64 Å². The minimum Gasteiger partial charge on any atom is -0.496 e. The molecule has 1 aliphatic heterocycles. The molecule has 0 spiro atoms. The van der Waals surface area contributed by atoms with Gasteiger partial charge in [0.05, 0.1) is 22.6 Å². The number of nitro benzene ring substituents is 1. The molecule has 1 saturated heterocycles. The van der Waals surface area contributed by atoms with Crippen LogP contribution in [0.3, 0.4) is 0 Å². The van der Waals surface area contributed by atoms with E-state index in [0.29, 0.717) is 32.6 Å². The number of hydrogen-bond donors (Lipinski definition) is 0. The normalized spacial score (nSPS) is 15.0. The molecular weight excluding hydrogens is 452 g/mol. The Labute approximate surface area is 190 Å². The van der Waals surface area contributed by atoms with Crippen LogP contribution in [0, 0.1) is 10.1 Å². The summed E-state index contributed by atoms with van der Waals surface area (Å²) in [4.78, 5) is 17.1. The van der Waals surface area contributed by atoms with Crippen molar-refractivity contribution < 1.29 is 18.1 Å². The van der Waals surface area contributed by atoms with Gasteiger partial charge in [-0.1, -0.05) is 18.2 Å². The summed E-state index contributed by atoms with van der Waals surface area (Å²) in [7, 11) is -2.05. The number of aromatic nitrogens is 1. The highest BCUT2D eigenvalue weighted by Crippen LogP contribution is 2.27. The molecule has 0 aliphatic carbocycles. The number of ether oxygens (including phenoxy) is 1. The van der Waals surface area contributed by atoms with Gasteiger partial charge in [-0.05, 0) is 18.2 Å². The van der Waals surface area contributed by atoms with Gasteiger partial charge in [-0.3, -0.25) is 10.1 Å². The quantitative estimate of drug-likeness (QED) is 0.382. The van der Waals surface area contributed by atoms with E-state index in [2.05, 4.69) is 4.90 Å². The molecule has 11 heteroatoms. The number of nitrogens with zero attached hydrogens (tertiary/aromatic N) is 4. The van der Waals surface area contributed by atoms with Crippen LogP contribution in [0.1, 0.15) is 11.3 Å². The number of hydrogen-bond acceptors (Lipinski definition) is 8. The molecule has 2 heterocycles. The second-order valence-electron chi connectivity index (χ2n) is 7.25. The molecule has 0 atom stereocenters. The molecule has 1 fully saturated rings. The van der Waals surface area contributed by atoms with Crippen LogP contribution in [0.4, 0.5) is 10.8 Å². The maximum atomic E-state index is 12.9. The Kier molecular flexibility index (Phi) is 6.40. The zero-order chi connectivity index (χ0) is 22.7. The Morgan fingerprint density at radius 2 is 1.78 bits per heavy atom. The zero-order valence-corrected chi connectivity index (χ0v) is 19.0. The van der Waals surface area contributed by atoms with E-state index in [1.54, 1.807) is 18.4 Å². The molecule has 0 radical (unpaired) electrons. The third-order valence-corrected chi connectivity index (χ3v) is 8.16. The third-order valence-electron chi connectivity index (χ3n) is 5.30. The van der Waals surface area contributed by atoms with Gasteiger partial charge in [-0.2, -0.15) is 4.31 Å². The number of methoxy groups -OCH3 is 1. The standard InChI is InChI=1S/C21H22N4O5S2/c1-30-20-5-3-2-4-16(20)14-17-15-31-21(22-17)23-10-12-24(13-11-23)32(28,29)19-8-6-18(7-9-19)25(26)27/h2-9,15H,10-14H2,1H3. The summed E-state index contributed by atoms with van der Waals surface area (Å²) in [6, 6.07) is 12.8. The molecule has 0 amide bonds. The number of benzene rings is 2. The first-order chi connectivity index (χ1) is 15.4. The number of piperazine rings is 1. The maximum Gasteiger partial charge on any atom is 0.269 e. The molecule has 3 aromatic rings. The summed E-state index contributed by atoms with van der Waals surface area (Å²) >= 11 is 1.54. The van der Waals surface area contributed by atoms with Crippen LogP contribution in [-0.4, -0.2) is 55.9 Å². The Bertz CT molecular complexity index is 1200. The van der Waals surface area contributed by atoms with Gasteiger partial charge in [0.15, 0.2) is 5.13 Å². The van der Waals surface area contributed by atoms with Gasteiger partial charge in [0, 0.05) is 55.7 Å². The highest BCUT2D eigenvalue weighted by molar-refractivity contribution is 7.89. The molecule has 0 N–H and O–H groups in total. The molecule has 32 heavy (non-hydrogen) atoms. The average molecular weight is 475 g/mol. The van der Waals surface area contributed by atoms with Crippen molar-refractivity contribution >= 4 is 32.2 Å². The van der Waals surface area contributed by atoms with Crippen molar-refractivity contribution in [3.63, 3.8) is 0 Å². The summed E-state index contributed by atoms with van der Waals surface area (Å²) in [6.45, 7) is 1.68. The summed E-state index contributed by atoms with van der Waals surface area (Å²) in [5, 5.41) is 13.7. The van der Waals surface area contributed by atoms with E-state index in [9.17, 15) is 18.5 Å². The van der Waals surface area contributed by atoms with Crippen LogP contribution in [0.2, 0.25) is 0 Å². The minimum atomic E-state index is -3.70. The molecule has 9 nitrogen and oxygen atoms in total. The van der Waals surface area contributed by atoms with E-state index < -0.39 is 14.9 Å². The topological polar surface area (TPSA) is 106 Å². The molecule has 0 saturated carbocycles. The monoisotopic (exact) mass is 474 g/mol. The van der Waals surface area contributed by atoms with E-state index >= 15 is 0 Å². The average Bonchev–Trinajstić information content (AvgIpc) is 3.28. The Hall–Kier alpha value is -3.02. The molecule has 2 aromatic carbocycles. The van der Waals surface area contributed by atoms with Crippen molar-refractivity contribution in [2.75, 3.05) is 38.2 Å². The van der Waals surface area contributed by atoms with Crippen molar-refractivity contribution in [2.24, 2.45) is 0 Å². The number of para-hydroxylation sites is 1. The van der Waals surface area contributed by atoms with Crippen molar-refractivity contribution in [3.8, 4) is 5.75 Å². The number of thiazole rings is 1. The third kappa shape index (κ3) is 4.59. The lowest BCUT2D eigenvalue weighted by atomic mass is 10.1. The summed E-state index contributed by atoms with van der Waals surface area (Å²) in [6.07, 6.45) is 0.662. The highest BCUT2D eigenvalue weighted by Gasteiger charge is 2.29. The first-order valence-corrected chi connectivity index (χ1v) is 12.3.